The minimum Gasteiger partial charge on any atom is -0.490 e. The van der Waals surface area contributed by atoms with Crippen LogP contribution in [0.15, 0.2) is 47.4 Å². The van der Waals surface area contributed by atoms with Gasteiger partial charge in [0.1, 0.15) is 0 Å². The summed E-state index contributed by atoms with van der Waals surface area (Å²) in [5.74, 6) is -0.307. The van der Waals surface area contributed by atoms with E-state index in [4.69, 9.17) is 4.74 Å². The molecule has 0 bridgehead atoms. The molecule has 0 radical (unpaired) electrons. The van der Waals surface area contributed by atoms with Gasteiger partial charge in [-0.25, -0.2) is 8.42 Å². The van der Waals surface area contributed by atoms with Gasteiger partial charge in [0.2, 0.25) is 10.0 Å². The fourth-order valence-corrected chi connectivity index (χ4v) is 4.81. The van der Waals surface area contributed by atoms with Crippen molar-refractivity contribution in [3.63, 3.8) is 0 Å². The molecule has 0 atom stereocenters. The van der Waals surface area contributed by atoms with Gasteiger partial charge in [-0.15, -0.1) is 0 Å². The Morgan fingerprint density at radius 3 is 2.40 bits per heavy atom. The van der Waals surface area contributed by atoms with E-state index in [1.165, 1.54) is 34.5 Å². The summed E-state index contributed by atoms with van der Waals surface area (Å²) in [6.45, 7) is 2.89. The van der Waals surface area contributed by atoms with Crippen molar-refractivity contribution in [2.45, 2.75) is 18.2 Å². The molecule has 1 saturated heterocycles. The summed E-state index contributed by atoms with van der Waals surface area (Å²) in [6, 6.07) is 10.7. The Balaban J connectivity index is 1.76. The summed E-state index contributed by atoms with van der Waals surface area (Å²) in [7, 11) is -2.33. The first-order valence-electron chi connectivity index (χ1n) is 9.42. The second kappa shape index (κ2) is 8.80. The van der Waals surface area contributed by atoms with E-state index >= 15 is 0 Å². The number of carbonyl (C=O) groups excluding carboxylic acids is 1. The second-order valence-corrected chi connectivity index (χ2v) is 8.94. The number of hydrogen-bond donors (Lipinski definition) is 0. The lowest BCUT2D eigenvalue weighted by Crippen LogP contribution is -2.37. The number of amides is 1. The highest BCUT2D eigenvalue weighted by Gasteiger charge is 2.29. The van der Waals surface area contributed by atoms with E-state index in [1.807, 2.05) is 6.92 Å². The third-order valence-corrected chi connectivity index (χ3v) is 6.94. The molecule has 0 N–H and O–H groups in total. The maximum atomic E-state index is 12.9. The standard InChI is InChI=1S/C20H23N3O6S/c1-15-4-7-17(8-5-15)30(27,28)22-11-3-10-21(12-13-22)20(24)16-6-9-19(29-2)18(14-16)23(25)26/h4-9,14H,3,10-13H2,1-2H3. The molecule has 160 valence electrons. The van der Waals surface area contributed by atoms with Gasteiger partial charge in [0.05, 0.1) is 16.9 Å². The number of hydrogen-bond acceptors (Lipinski definition) is 6. The number of methoxy groups -OCH3 is 1. The van der Waals surface area contributed by atoms with Crippen LogP contribution in [-0.2, 0) is 10.0 Å². The molecule has 0 aromatic heterocycles. The van der Waals surface area contributed by atoms with Gasteiger partial charge in [0.15, 0.2) is 5.75 Å². The monoisotopic (exact) mass is 433 g/mol. The highest BCUT2D eigenvalue weighted by molar-refractivity contribution is 7.89. The molecule has 9 nitrogen and oxygen atoms in total. The first-order valence-corrected chi connectivity index (χ1v) is 10.9. The van der Waals surface area contributed by atoms with Crippen molar-refractivity contribution in [2.75, 3.05) is 33.3 Å². The molecule has 0 spiro atoms. The van der Waals surface area contributed by atoms with Crippen molar-refractivity contribution in [3.05, 3.63) is 63.7 Å². The van der Waals surface area contributed by atoms with Gasteiger partial charge in [-0.05, 0) is 37.6 Å². The molecule has 2 aromatic carbocycles. The van der Waals surface area contributed by atoms with Crippen LogP contribution < -0.4 is 4.74 Å². The normalized spacial score (nSPS) is 15.5. The zero-order valence-corrected chi connectivity index (χ0v) is 17.6. The number of nitro benzene ring substituents is 1. The maximum absolute atomic E-state index is 12.9. The molecule has 0 aliphatic carbocycles. The van der Waals surface area contributed by atoms with Gasteiger partial charge in [-0.2, -0.15) is 4.31 Å². The van der Waals surface area contributed by atoms with E-state index in [9.17, 15) is 23.3 Å². The smallest absolute Gasteiger partial charge is 0.311 e. The molecule has 1 heterocycles. The Hall–Kier alpha value is -2.98. The molecule has 3 rings (SSSR count). The largest absolute Gasteiger partial charge is 0.490 e. The first-order chi connectivity index (χ1) is 14.2. The highest BCUT2D eigenvalue weighted by Crippen LogP contribution is 2.28. The Bertz CT molecular complexity index is 1050. The number of ether oxygens (including phenoxy) is 1. The second-order valence-electron chi connectivity index (χ2n) is 7.01. The molecule has 30 heavy (non-hydrogen) atoms. The zero-order valence-electron chi connectivity index (χ0n) is 16.8. The van der Waals surface area contributed by atoms with Gasteiger partial charge in [-0.1, -0.05) is 17.7 Å². The van der Waals surface area contributed by atoms with Crippen LogP contribution in [0.25, 0.3) is 0 Å². The highest BCUT2D eigenvalue weighted by atomic mass is 32.2. The van der Waals surface area contributed by atoms with Crippen LogP contribution in [0.4, 0.5) is 5.69 Å². The number of carbonyl (C=O) groups is 1. The van der Waals surface area contributed by atoms with E-state index < -0.39 is 14.9 Å². The minimum atomic E-state index is -3.65. The molecule has 1 aliphatic rings. The summed E-state index contributed by atoms with van der Waals surface area (Å²) in [5, 5.41) is 11.2. The van der Waals surface area contributed by atoms with Gasteiger partial charge < -0.3 is 9.64 Å². The van der Waals surface area contributed by atoms with Gasteiger partial charge in [-0.3, -0.25) is 14.9 Å². The SMILES string of the molecule is COc1ccc(C(=O)N2CCCN(S(=O)(=O)c3ccc(C)cc3)CC2)cc1[N+](=O)[O-]. The van der Waals surface area contributed by atoms with Crippen molar-refractivity contribution in [2.24, 2.45) is 0 Å². The Labute approximate surface area is 175 Å². The van der Waals surface area contributed by atoms with Gasteiger partial charge in [0.25, 0.3) is 5.91 Å². The summed E-state index contributed by atoms with van der Waals surface area (Å²) < 4.78 is 32.2. The number of nitro groups is 1. The van der Waals surface area contributed by atoms with Crippen LogP contribution in [0.5, 0.6) is 5.75 Å². The van der Waals surface area contributed by atoms with Crippen molar-refractivity contribution in [3.8, 4) is 5.75 Å². The predicted octanol–water partition coefficient (Wildman–Crippen LogP) is 2.45. The number of rotatable bonds is 5. The summed E-state index contributed by atoms with van der Waals surface area (Å²) in [5.41, 5.74) is 0.842. The molecule has 1 amide bonds. The lowest BCUT2D eigenvalue weighted by molar-refractivity contribution is -0.385. The number of aryl methyl sites for hydroxylation is 1. The zero-order chi connectivity index (χ0) is 21.9. The minimum absolute atomic E-state index is 0.0720. The van der Waals surface area contributed by atoms with Crippen LogP contribution in [0.2, 0.25) is 0 Å². The van der Waals surface area contributed by atoms with Crippen molar-refractivity contribution in [1.29, 1.82) is 0 Å². The Morgan fingerprint density at radius 1 is 1.07 bits per heavy atom. The predicted molar refractivity (Wildman–Crippen MR) is 110 cm³/mol. The molecule has 10 heteroatoms. The quantitative estimate of drug-likeness (QED) is 0.529. The first kappa shape index (κ1) is 21.7. The number of sulfonamides is 1. The lowest BCUT2D eigenvalue weighted by atomic mass is 10.1. The van der Waals surface area contributed by atoms with Crippen molar-refractivity contribution >= 4 is 21.6 Å². The van der Waals surface area contributed by atoms with Crippen LogP contribution in [-0.4, -0.2) is 61.7 Å². The van der Waals surface area contributed by atoms with E-state index in [0.717, 1.165) is 5.56 Å². The maximum Gasteiger partial charge on any atom is 0.311 e. The average Bonchev–Trinajstić information content (AvgIpc) is 3.00. The fourth-order valence-electron chi connectivity index (χ4n) is 3.34. The number of nitrogens with zero attached hydrogens (tertiary/aromatic N) is 3. The molecular weight excluding hydrogens is 410 g/mol. The van der Waals surface area contributed by atoms with Crippen LogP contribution >= 0.6 is 0 Å². The topological polar surface area (TPSA) is 110 Å². The van der Waals surface area contributed by atoms with Crippen LogP contribution in [0.1, 0.15) is 22.3 Å². The summed E-state index contributed by atoms with van der Waals surface area (Å²) in [4.78, 5) is 25.3. The lowest BCUT2D eigenvalue weighted by Gasteiger charge is -2.22. The summed E-state index contributed by atoms with van der Waals surface area (Å²) >= 11 is 0. The molecule has 0 saturated carbocycles. The Kier molecular flexibility index (Phi) is 6.37. The van der Waals surface area contributed by atoms with Crippen LogP contribution in [0, 0.1) is 17.0 Å². The third kappa shape index (κ3) is 4.44. The van der Waals surface area contributed by atoms with E-state index in [2.05, 4.69) is 0 Å². The van der Waals surface area contributed by atoms with E-state index in [0.29, 0.717) is 19.5 Å². The van der Waals surface area contributed by atoms with Crippen LogP contribution in [0.3, 0.4) is 0 Å². The van der Waals surface area contributed by atoms with Gasteiger partial charge >= 0.3 is 5.69 Å². The van der Waals surface area contributed by atoms with Crippen molar-refractivity contribution < 1.29 is 22.9 Å². The summed E-state index contributed by atoms with van der Waals surface area (Å²) in [6.07, 6.45) is 0.467. The Morgan fingerprint density at radius 2 is 1.77 bits per heavy atom. The van der Waals surface area contributed by atoms with Gasteiger partial charge in [0, 0.05) is 37.8 Å². The molecule has 0 unspecified atom stereocenters. The molecule has 2 aromatic rings. The molecule has 1 aliphatic heterocycles. The average molecular weight is 433 g/mol. The third-order valence-electron chi connectivity index (χ3n) is 5.02. The molecule has 1 fully saturated rings. The molecular formula is C20H23N3O6S. The van der Waals surface area contributed by atoms with E-state index in [-0.39, 0.29) is 40.9 Å². The van der Waals surface area contributed by atoms with E-state index in [1.54, 1.807) is 24.3 Å². The fraction of sp³-hybridized carbons (Fsp3) is 0.350. The number of benzene rings is 2. The van der Waals surface area contributed by atoms with Crippen molar-refractivity contribution in [1.82, 2.24) is 9.21 Å².